The monoisotopic (exact) mass is 322 g/mol. The van der Waals surface area contributed by atoms with Gasteiger partial charge in [-0.3, -0.25) is 4.79 Å². The third-order valence-electron chi connectivity index (χ3n) is 4.43. The molecule has 0 saturated heterocycles. The number of rotatable bonds is 4. The van der Waals surface area contributed by atoms with Crippen LogP contribution >= 0.6 is 0 Å². The summed E-state index contributed by atoms with van der Waals surface area (Å²) in [6, 6.07) is 16.6. The molecule has 0 aliphatic carbocycles. The van der Waals surface area contributed by atoms with Crippen LogP contribution in [0.3, 0.4) is 0 Å². The van der Waals surface area contributed by atoms with Crippen LogP contribution in [0.2, 0.25) is 0 Å². The molecule has 0 amide bonds. The maximum atomic E-state index is 12.7. The van der Waals surface area contributed by atoms with Crippen LogP contribution in [0.1, 0.15) is 63.8 Å². The number of benzene rings is 2. The predicted molar refractivity (Wildman–Crippen MR) is 103 cm³/mol. The summed E-state index contributed by atoms with van der Waals surface area (Å²) in [6.07, 6.45) is 1.01. The number of ketones is 1. The molecule has 2 aromatic rings. The lowest BCUT2D eigenvalue weighted by Gasteiger charge is -2.24. The Morgan fingerprint density at radius 2 is 1.00 bits per heavy atom. The predicted octanol–water partition coefficient (Wildman–Crippen LogP) is 5.64. The highest BCUT2D eigenvalue weighted by atomic mass is 16.1. The van der Waals surface area contributed by atoms with Gasteiger partial charge in [-0.15, -0.1) is 0 Å². The van der Waals surface area contributed by atoms with Crippen molar-refractivity contribution in [3.63, 3.8) is 0 Å². The zero-order valence-electron chi connectivity index (χ0n) is 15.9. The molecule has 0 aliphatic heterocycles. The molecule has 0 aromatic heterocycles. The second-order valence-electron chi connectivity index (χ2n) is 8.71. The molecule has 0 bridgehead atoms. The van der Waals surface area contributed by atoms with Crippen molar-refractivity contribution in [3.8, 4) is 0 Å². The van der Waals surface area contributed by atoms with Crippen LogP contribution in [0.4, 0.5) is 0 Å². The number of carbonyl (C=O) groups is 1. The first-order valence-corrected chi connectivity index (χ1v) is 8.77. The first kappa shape index (κ1) is 18.4. The van der Waals surface area contributed by atoms with Crippen molar-refractivity contribution in [1.82, 2.24) is 0 Å². The Hall–Kier alpha value is -1.89. The average Bonchev–Trinajstić information content (AvgIpc) is 2.46. The first-order valence-electron chi connectivity index (χ1n) is 8.77. The maximum Gasteiger partial charge on any atom is 0.141 e. The van der Waals surface area contributed by atoms with Gasteiger partial charge < -0.3 is 0 Å². The highest BCUT2D eigenvalue weighted by molar-refractivity contribution is 5.84. The molecule has 0 spiro atoms. The van der Waals surface area contributed by atoms with Crippen LogP contribution in [0.15, 0.2) is 48.5 Å². The second-order valence-corrected chi connectivity index (χ2v) is 8.71. The van der Waals surface area contributed by atoms with Crippen molar-refractivity contribution < 1.29 is 4.79 Å². The minimum atomic E-state index is 0.0557. The fourth-order valence-electron chi connectivity index (χ4n) is 3.30. The van der Waals surface area contributed by atoms with E-state index in [2.05, 4.69) is 77.9 Å². The summed E-state index contributed by atoms with van der Waals surface area (Å²) < 4.78 is 0. The van der Waals surface area contributed by atoms with Crippen molar-refractivity contribution in [1.29, 1.82) is 0 Å². The Balaban J connectivity index is 2.22. The Bertz CT molecular complexity index is 650. The van der Waals surface area contributed by atoms with Gasteiger partial charge in [-0.05, 0) is 33.1 Å². The topological polar surface area (TPSA) is 17.1 Å². The summed E-state index contributed by atoms with van der Waals surface area (Å²) in [5.74, 6) is 0.281. The van der Waals surface area contributed by atoms with E-state index >= 15 is 0 Å². The molecule has 0 aliphatic rings. The minimum absolute atomic E-state index is 0.0557. The largest absolute Gasteiger partial charge is 0.299 e. The molecular formula is C23H30O. The van der Waals surface area contributed by atoms with E-state index in [-0.39, 0.29) is 16.6 Å². The number of Topliss-reactive ketones (excluding diaryl/α,β-unsaturated/α-hetero) is 1. The minimum Gasteiger partial charge on any atom is -0.299 e. The smallest absolute Gasteiger partial charge is 0.141 e. The van der Waals surface area contributed by atoms with E-state index in [1.807, 2.05) is 12.1 Å². The zero-order valence-corrected chi connectivity index (χ0v) is 15.9. The lowest BCUT2D eigenvalue weighted by atomic mass is 9.80. The van der Waals surface area contributed by atoms with Gasteiger partial charge >= 0.3 is 0 Å². The second kappa shape index (κ2) is 6.93. The van der Waals surface area contributed by atoms with Crippen molar-refractivity contribution in [3.05, 3.63) is 70.8 Å². The third kappa shape index (κ3) is 4.56. The van der Waals surface area contributed by atoms with Crippen molar-refractivity contribution in [2.24, 2.45) is 0 Å². The van der Waals surface area contributed by atoms with E-state index in [0.29, 0.717) is 12.8 Å². The standard InChI is InChI=1S/C23H30O/c1-22(2,3)20-13-9-7-11-17(20)15-19(24)16-18-12-8-10-14-21(18)23(4,5)6/h7-14H,15-16H2,1-6H3. The van der Waals surface area contributed by atoms with Gasteiger partial charge in [-0.2, -0.15) is 0 Å². The van der Waals surface area contributed by atoms with Crippen molar-refractivity contribution in [2.45, 2.75) is 65.2 Å². The van der Waals surface area contributed by atoms with Gasteiger partial charge in [0.15, 0.2) is 0 Å². The molecule has 1 nitrogen and oxygen atoms in total. The van der Waals surface area contributed by atoms with Crippen LogP contribution in [0.25, 0.3) is 0 Å². The lowest BCUT2D eigenvalue weighted by Crippen LogP contribution is -2.19. The molecule has 0 N–H and O–H groups in total. The molecule has 128 valence electrons. The van der Waals surface area contributed by atoms with Gasteiger partial charge in [0.1, 0.15) is 5.78 Å². The molecule has 0 saturated carbocycles. The first-order chi connectivity index (χ1) is 11.1. The fraction of sp³-hybridized carbons (Fsp3) is 0.435. The molecule has 1 heteroatoms. The van der Waals surface area contributed by atoms with Gasteiger partial charge in [-0.1, -0.05) is 90.1 Å². The summed E-state index contributed by atoms with van der Waals surface area (Å²) in [5.41, 5.74) is 4.96. The van der Waals surface area contributed by atoms with Crippen molar-refractivity contribution in [2.75, 3.05) is 0 Å². The van der Waals surface area contributed by atoms with Gasteiger partial charge in [0, 0.05) is 12.8 Å². The van der Waals surface area contributed by atoms with Crippen LogP contribution in [0, 0.1) is 0 Å². The molecule has 0 radical (unpaired) electrons. The number of carbonyl (C=O) groups excluding carboxylic acids is 1. The van der Waals surface area contributed by atoms with E-state index in [1.165, 1.54) is 11.1 Å². The Kier molecular flexibility index (Phi) is 5.32. The van der Waals surface area contributed by atoms with E-state index in [0.717, 1.165) is 11.1 Å². The van der Waals surface area contributed by atoms with Crippen LogP contribution < -0.4 is 0 Å². The SMILES string of the molecule is CC(C)(C)c1ccccc1CC(=O)Cc1ccccc1C(C)(C)C. The summed E-state index contributed by atoms with van der Waals surface area (Å²) in [6.45, 7) is 13.2. The van der Waals surface area contributed by atoms with Gasteiger partial charge in [-0.25, -0.2) is 0 Å². The van der Waals surface area contributed by atoms with Crippen LogP contribution in [-0.4, -0.2) is 5.78 Å². The average molecular weight is 322 g/mol. The van der Waals surface area contributed by atoms with E-state index in [9.17, 15) is 4.79 Å². The highest BCUT2D eigenvalue weighted by Crippen LogP contribution is 2.28. The Morgan fingerprint density at radius 1 is 0.667 bits per heavy atom. The summed E-state index contributed by atoms with van der Waals surface area (Å²) in [4.78, 5) is 12.7. The van der Waals surface area contributed by atoms with Crippen molar-refractivity contribution >= 4 is 5.78 Å². The third-order valence-corrected chi connectivity index (χ3v) is 4.43. The number of hydrogen-bond donors (Lipinski definition) is 0. The maximum absolute atomic E-state index is 12.7. The van der Waals surface area contributed by atoms with E-state index in [1.54, 1.807) is 0 Å². The Labute approximate surface area is 147 Å². The van der Waals surface area contributed by atoms with E-state index < -0.39 is 0 Å². The molecule has 2 aromatic carbocycles. The number of hydrogen-bond acceptors (Lipinski definition) is 1. The molecule has 0 atom stereocenters. The lowest BCUT2D eigenvalue weighted by molar-refractivity contribution is -0.117. The summed E-state index contributed by atoms with van der Waals surface area (Å²) >= 11 is 0. The summed E-state index contributed by atoms with van der Waals surface area (Å²) in [5, 5.41) is 0. The fourth-order valence-corrected chi connectivity index (χ4v) is 3.30. The molecule has 0 fully saturated rings. The molecule has 2 rings (SSSR count). The molecular weight excluding hydrogens is 292 g/mol. The summed E-state index contributed by atoms with van der Waals surface area (Å²) in [7, 11) is 0. The van der Waals surface area contributed by atoms with Gasteiger partial charge in [0.05, 0.1) is 0 Å². The quantitative estimate of drug-likeness (QED) is 0.712. The van der Waals surface area contributed by atoms with E-state index in [4.69, 9.17) is 0 Å². The van der Waals surface area contributed by atoms with Gasteiger partial charge in [0.2, 0.25) is 0 Å². The zero-order chi connectivity index (χ0) is 18.0. The molecule has 24 heavy (non-hydrogen) atoms. The molecule has 0 unspecified atom stereocenters. The van der Waals surface area contributed by atoms with Gasteiger partial charge in [0.25, 0.3) is 0 Å². The highest BCUT2D eigenvalue weighted by Gasteiger charge is 2.21. The Morgan fingerprint density at radius 3 is 1.33 bits per heavy atom. The normalized spacial score (nSPS) is 12.2. The van der Waals surface area contributed by atoms with Crippen LogP contribution in [-0.2, 0) is 28.5 Å². The molecule has 0 heterocycles. The van der Waals surface area contributed by atoms with Crippen LogP contribution in [0.5, 0.6) is 0 Å².